The van der Waals surface area contributed by atoms with E-state index in [1.165, 1.54) is 12.8 Å². The summed E-state index contributed by atoms with van der Waals surface area (Å²) >= 11 is 0. The maximum absolute atomic E-state index is 9.20. The molecule has 20 heavy (non-hydrogen) atoms. The molecule has 1 aromatic heterocycles. The van der Waals surface area contributed by atoms with E-state index >= 15 is 0 Å². The van der Waals surface area contributed by atoms with Crippen LogP contribution in [0.5, 0.6) is 0 Å². The van der Waals surface area contributed by atoms with Crippen molar-refractivity contribution in [3.8, 4) is 6.07 Å². The highest BCUT2D eigenvalue weighted by Crippen LogP contribution is 2.19. The number of piperazine rings is 1. The molecule has 3 rings (SSSR count). The van der Waals surface area contributed by atoms with Crippen LogP contribution in [0, 0.1) is 11.3 Å². The van der Waals surface area contributed by atoms with Gasteiger partial charge in [0.15, 0.2) is 0 Å². The van der Waals surface area contributed by atoms with Crippen LogP contribution in [0.4, 0.5) is 5.82 Å². The maximum Gasteiger partial charge on any atom is 0.128 e. The summed E-state index contributed by atoms with van der Waals surface area (Å²) in [6.45, 7) is 4.81. The van der Waals surface area contributed by atoms with E-state index in [9.17, 15) is 5.26 Å². The van der Waals surface area contributed by atoms with Gasteiger partial charge in [-0.25, -0.2) is 4.98 Å². The van der Waals surface area contributed by atoms with Crippen LogP contribution in [0.2, 0.25) is 0 Å². The summed E-state index contributed by atoms with van der Waals surface area (Å²) in [5.41, 5.74) is 0. The minimum atomic E-state index is -0.0242. The third-order valence-electron chi connectivity index (χ3n) is 3.96. The number of nitriles is 1. The van der Waals surface area contributed by atoms with Crippen molar-refractivity contribution >= 4 is 5.82 Å². The first-order valence-electron chi connectivity index (χ1n) is 7.39. The number of nitrogens with one attached hydrogen (secondary N) is 1. The van der Waals surface area contributed by atoms with Gasteiger partial charge in [-0.05, 0) is 25.0 Å². The van der Waals surface area contributed by atoms with Gasteiger partial charge in [-0.1, -0.05) is 6.07 Å². The standard InChI is InChI=1S/C15H21N5/c16-11-14(18-13-4-5-13)12-19-7-9-20(10-8-19)15-3-1-2-6-17-15/h1-3,6,13-14,18H,4-5,7-10,12H2. The lowest BCUT2D eigenvalue weighted by molar-refractivity contribution is 0.242. The molecule has 106 valence electrons. The molecule has 0 bridgehead atoms. The molecule has 1 atom stereocenters. The maximum atomic E-state index is 9.20. The van der Waals surface area contributed by atoms with Crippen molar-refractivity contribution in [2.75, 3.05) is 37.6 Å². The smallest absolute Gasteiger partial charge is 0.128 e. The van der Waals surface area contributed by atoms with Crippen molar-refractivity contribution in [3.63, 3.8) is 0 Å². The van der Waals surface area contributed by atoms with Crippen LogP contribution in [0.25, 0.3) is 0 Å². The van der Waals surface area contributed by atoms with E-state index in [1.807, 2.05) is 18.3 Å². The van der Waals surface area contributed by atoms with Crippen LogP contribution >= 0.6 is 0 Å². The average molecular weight is 271 g/mol. The van der Waals surface area contributed by atoms with Crippen molar-refractivity contribution in [3.05, 3.63) is 24.4 Å². The molecule has 2 fully saturated rings. The van der Waals surface area contributed by atoms with E-state index < -0.39 is 0 Å². The Morgan fingerprint density at radius 1 is 1.30 bits per heavy atom. The lowest BCUT2D eigenvalue weighted by atomic mass is 10.2. The second-order valence-electron chi connectivity index (χ2n) is 5.60. The van der Waals surface area contributed by atoms with E-state index in [-0.39, 0.29) is 6.04 Å². The van der Waals surface area contributed by atoms with Crippen molar-refractivity contribution in [2.45, 2.75) is 24.9 Å². The third-order valence-corrected chi connectivity index (χ3v) is 3.96. The Balaban J connectivity index is 1.47. The van der Waals surface area contributed by atoms with Gasteiger partial charge in [0.1, 0.15) is 11.9 Å². The molecular formula is C15H21N5. The number of rotatable bonds is 5. The quantitative estimate of drug-likeness (QED) is 0.860. The molecule has 1 saturated carbocycles. The molecule has 5 heteroatoms. The van der Waals surface area contributed by atoms with Gasteiger partial charge in [0.2, 0.25) is 0 Å². The second kappa shape index (κ2) is 6.21. The Bertz CT molecular complexity index is 457. The average Bonchev–Trinajstić information content (AvgIpc) is 3.32. The molecule has 1 unspecified atom stereocenters. The highest BCUT2D eigenvalue weighted by molar-refractivity contribution is 5.38. The van der Waals surface area contributed by atoms with E-state index in [0.29, 0.717) is 6.04 Å². The van der Waals surface area contributed by atoms with E-state index in [4.69, 9.17) is 0 Å². The minimum Gasteiger partial charge on any atom is -0.354 e. The van der Waals surface area contributed by atoms with Gasteiger partial charge in [0.25, 0.3) is 0 Å². The van der Waals surface area contributed by atoms with Crippen LogP contribution in [0.3, 0.4) is 0 Å². The molecule has 0 spiro atoms. The minimum absolute atomic E-state index is 0.0242. The van der Waals surface area contributed by atoms with Gasteiger partial charge in [-0.15, -0.1) is 0 Å². The summed E-state index contributed by atoms with van der Waals surface area (Å²) in [5.74, 6) is 1.06. The predicted molar refractivity (Wildman–Crippen MR) is 78.4 cm³/mol. The molecular weight excluding hydrogens is 250 g/mol. The number of hydrogen-bond donors (Lipinski definition) is 1. The molecule has 1 aromatic rings. The summed E-state index contributed by atoms with van der Waals surface area (Å²) < 4.78 is 0. The first kappa shape index (κ1) is 13.3. The van der Waals surface area contributed by atoms with Gasteiger partial charge in [0, 0.05) is 45.0 Å². The molecule has 1 aliphatic carbocycles. The van der Waals surface area contributed by atoms with Gasteiger partial charge in [-0.2, -0.15) is 5.26 Å². The zero-order valence-electron chi connectivity index (χ0n) is 11.7. The summed E-state index contributed by atoms with van der Waals surface area (Å²) in [6.07, 6.45) is 4.30. The number of pyridine rings is 1. The number of anilines is 1. The van der Waals surface area contributed by atoms with E-state index in [2.05, 4.69) is 32.2 Å². The predicted octanol–water partition coefficient (Wildman–Crippen LogP) is 0.848. The van der Waals surface area contributed by atoms with Gasteiger partial charge >= 0.3 is 0 Å². The lowest BCUT2D eigenvalue weighted by Gasteiger charge is -2.36. The normalized spacial score (nSPS) is 21.4. The molecule has 5 nitrogen and oxygen atoms in total. The largest absolute Gasteiger partial charge is 0.354 e. The van der Waals surface area contributed by atoms with Crippen LogP contribution < -0.4 is 10.2 Å². The topological polar surface area (TPSA) is 55.2 Å². The highest BCUT2D eigenvalue weighted by Gasteiger charge is 2.26. The van der Waals surface area contributed by atoms with Crippen LogP contribution in [-0.4, -0.2) is 54.7 Å². The highest BCUT2D eigenvalue weighted by atomic mass is 15.3. The molecule has 0 aromatic carbocycles. The fourth-order valence-electron chi connectivity index (χ4n) is 2.62. The molecule has 2 heterocycles. The number of aromatic nitrogens is 1. The van der Waals surface area contributed by atoms with E-state index in [0.717, 1.165) is 38.5 Å². The zero-order valence-corrected chi connectivity index (χ0v) is 11.7. The lowest BCUT2D eigenvalue weighted by Crippen LogP contribution is -2.51. The Hall–Kier alpha value is -1.64. The Morgan fingerprint density at radius 3 is 2.70 bits per heavy atom. The SMILES string of the molecule is N#CC(CN1CCN(c2ccccn2)CC1)NC1CC1. The molecule has 0 radical (unpaired) electrons. The molecule has 2 aliphatic rings. The van der Waals surface area contributed by atoms with Crippen LogP contribution in [-0.2, 0) is 0 Å². The third kappa shape index (κ3) is 3.47. The Labute approximate surface area is 120 Å². The Kier molecular flexibility index (Phi) is 4.14. The monoisotopic (exact) mass is 271 g/mol. The van der Waals surface area contributed by atoms with Gasteiger partial charge < -0.3 is 4.90 Å². The van der Waals surface area contributed by atoms with E-state index in [1.54, 1.807) is 0 Å². The molecule has 0 amide bonds. The Morgan fingerprint density at radius 2 is 2.10 bits per heavy atom. The number of hydrogen-bond acceptors (Lipinski definition) is 5. The van der Waals surface area contributed by atoms with Crippen molar-refractivity contribution in [1.29, 1.82) is 5.26 Å². The summed E-state index contributed by atoms with van der Waals surface area (Å²) in [7, 11) is 0. The van der Waals surface area contributed by atoms with Crippen LogP contribution in [0.1, 0.15) is 12.8 Å². The summed E-state index contributed by atoms with van der Waals surface area (Å²) in [5, 5.41) is 12.6. The van der Waals surface area contributed by atoms with Gasteiger partial charge in [0.05, 0.1) is 6.07 Å². The summed E-state index contributed by atoms with van der Waals surface area (Å²) in [4.78, 5) is 9.08. The fourth-order valence-corrected chi connectivity index (χ4v) is 2.62. The van der Waals surface area contributed by atoms with Crippen molar-refractivity contribution in [1.82, 2.24) is 15.2 Å². The van der Waals surface area contributed by atoms with Crippen molar-refractivity contribution < 1.29 is 0 Å². The van der Waals surface area contributed by atoms with Crippen LogP contribution in [0.15, 0.2) is 24.4 Å². The second-order valence-corrected chi connectivity index (χ2v) is 5.60. The first-order valence-corrected chi connectivity index (χ1v) is 7.39. The molecule has 1 aliphatic heterocycles. The molecule has 1 saturated heterocycles. The number of nitrogens with zero attached hydrogens (tertiary/aromatic N) is 4. The zero-order chi connectivity index (χ0) is 13.8. The molecule has 1 N–H and O–H groups in total. The summed E-state index contributed by atoms with van der Waals surface area (Å²) in [6, 6.07) is 8.98. The first-order chi connectivity index (χ1) is 9.85. The fraction of sp³-hybridized carbons (Fsp3) is 0.600. The van der Waals surface area contributed by atoms with Gasteiger partial charge in [-0.3, -0.25) is 10.2 Å². The van der Waals surface area contributed by atoms with Crippen molar-refractivity contribution in [2.24, 2.45) is 0 Å².